The van der Waals surface area contributed by atoms with Crippen molar-refractivity contribution >= 4 is 81.8 Å². The van der Waals surface area contributed by atoms with Crippen molar-refractivity contribution in [2.45, 2.75) is 79.8 Å². The Kier molecular flexibility index (Phi) is 68.1. The molecule has 0 aliphatic rings. The van der Waals surface area contributed by atoms with Gasteiger partial charge in [-0.15, -0.1) is 0 Å². The molecule has 0 radical (unpaired) electrons. The molecule has 7 aromatic heterocycles. The fourth-order valence-corrected chi connectivity index (χ4v) is 10.9. The van der Waals surface area contributed by atoms with E-state index in [2.05, 4.69) is 133 Å². The Morgan fingerprint density at radius 2 is 0.736 bits per heavy atom. The van der Waals surface area contributed by atoms with Crippen LogP contribution in [-0.2, 0) is 37.8 Å². The maximum Gasteiger partial charge on any atom is 1.00 e. The third-order valence-electron chi connectivity index (χ3n) is 16.9. The van der Waals surface area contributed by atoms with Crippen molar-refractivity contribution in [3.05, 3.63) is 432 Å². The van der Waals surface area contributed by atoms with Crippen molar-refractivity contribution in [1.29, 1.82) is 26.3 Å². The molecule has 148 heavy (non-hydrogen) atoms. The summed E-state index contributed by atoms with van der Waals surface area (Å²) >= 11 is 12.4. The molecule has 25 nitrogen and oxygen atoms in total. The molecule has 8 aromatic carbocycles. The number of nitriles is 5. The molecule has 0 spiro atoms. The number of aliphatic hydroxyl groups is 1. The van der Waals surface area contributed by atoms with Gasteiger partial charge in [-0.05, 0) is 282 Å². The number of aromatic nitrogens is 9. The first-order valence-electron chi connectivity index (χ1n) is 39.1. The number of halogens is 18. The Morgan fingerprint density at radius 3 is 1.02 bits per heavy atom. The Morgan fingerprint density at radius 1 is 0.432 bits per heavy atom. The Labute approximate surface area is 976 Å². The molecule has 7 heterocycles. The molecule has 0 aliphatic carbocycles. The molecule has 2 N–H and O–H groups in total. The Bertz CT molecular complexity index is 6730. The SMILES string of the molecule is Brc1cncnc1.C.C.C.C.CC(=O)C(F)(F)c1ccc(Oc2ccc(C#N)cc2)cn1.F.Fc1ccc(Br)c(F)c1.N#Cc1ccc(F)cc1.N#Cc1ccc(Oc2ccc(Br)nc2)cc1.N#Cc1ccc(Oc2ccc(C(F)(F)C(=O)c3ccc(F)cc3F)nc2)cc1.N#Cc1ccc(Oc2ccc(C(F)(F)C(O)(c3cncnc3)c3ccc(F)cc3F)nc2)cc1.O=CO[O-].Oc1ccc(Br)nc1.[2HH].[CH2-]CCC.[H-].[K+].[K+].[Li+]. The van der Waals surface area contributed by atoms with Crippen LogP contribution >= 0.6 is 63.7 Å². The summed E-state index contributed by atoms with van der Waals surface area (Å²) in [6.07, 6.45) is 16.1. The molecule has 0 saturated heterocycles. The minimum Gasteiger partial charge on any atom is -1.00 e. The van der Waals surface area contributed by atoms with Crippen LogP contribution in [0.4, 0.5) is 61.8 Å². The number of aromatic hydroxyl groups is 1. The molecule has 15 aromatic rings. The zero-order valence-corrected chi connectivity index (χ0v) is 87.8. The molecule has 0 saturated carbocycles. The standard InChI is InChI=1S/C24H14F4N4O2.C20H10F4N2O2.C15H10F2N2O2.C12H7BrN2O.C7H4FN.C6H3BrF2.C5H4BrNO.C4H3BrN2.C4H9.CH2O3.4CH4.FH.2K.Li.H2.H/c25-17-3-7-20(21(26)9-17)23(33,16-11-30-14-31-12-16)24(27,28)22-8-6-19(13-32-22)34-18-4-1-15(10-29)2-5-18;21-13-3-7-16(17(22)9-13)19(27)20(23,24)18-8-6-15(11-26-18)28-14-4-1-12(10-25)2-5-14;1-10(20)15(16,17)14-7-6-13(9-19-14)21-12-4-2-11(8-18)3-5-12;13-12-6-5-11(8-15-12)16-10-3-1-9(7-14)2-4-10;8-7-3-1-6(5-9)2-4-7;7-5-2-1-4(8)3-6(5)9;6-5-2-1-4(8)3-7-5;5-4-1-6-3-7-2-4;1-3-4-2;2-1-4-3;;;;;;;;;;/h1-9,11-14,33H;1-9,11H;2-7,9H,1H3;1-6,8H;1-4H;1-3H;1-3,8H;1-3H;1,3-4H2,2H3;1,3H;4*1H4;1H;;;;1H;/q;;;;;;;;-1;;;;;;;3*+1;;-1/p-1/i;;;;;;;;;;;;;;;;;;1+1;. The average Bonchev–Trinajstić information content (AvgIpc) is 0.729. The van der Waals surface area contributed by atoms with Crippen LogP contribution in [0.3, 0.4) is 0 Å². The summed E-state index contributed by atoms with van der Waals surface area (Å²) in [6.45, 7) is 6.35. The van der Waals surface area contributed by atoms with E-state index >= 15 is 8.78 Å². The van der Waals surface area contributed by atoms with Gasteiger partial charge in [-0.2, -0.15) is 59.1 Å². The minimum atomic E-state index is -4.21. The smallest absolute Gasteiger partial charge is 1.00 e. The predicted molar refractivity (Wildman–Crippen MR) is 523 cm³/mol. The van der Waals surface area contributed by atoms with Gasteiger partial charge < -0.3 is 47.7 Å². The number of benzene rings is 8. The molecule has 1 unspecified atom stereocenters. The van der Waals surface area contributed by atoms with Crippen LogP contribution in [0.15, 0.2) is 323 Å². The van der Waals surface area contributed by atoms with E-state index in [0.717, 1.165) is 101 Å². The van der Waals surface area contributed by atoms with Crippen molar-refractivity contribution in [2.75, 3.05) is 0 Å². The van der Waals surface area contributed by atoms with Crippen molar-refractivity contribution < 1.29 is 240 Å². The number of ketones is 2. The van der Waals surface area contributed by atoms with E-state index in [9.17, 15) is 63.0 Å². The largest absolute Gasteiger partial charge is 1.00 e. The Hall–Kier alpha value is -12.3. The summed E-state index contributed by atoms with van der Waals surface area (Å²) in [7, 11) is 0. The molecule has 0 amide bonds. The van der Waals surface area contributed by atoms with Crippen molar-refractivity contribution in [2.24, 2.45) is 0 Å². The van der Waals surface area contributed by atoms with Crippen LogP contribution in [0.1, 0.15) is 126 Å². The van der Waals surface area contributed by atoms with Crippen molar-refractivity contribution in [3.8, 4) is 82.1 Å². The zero-order valence-electron chi connectivity index (χ0n) is 76.2. The number of pyridine rings is 5. The molecule has 1 atom stereocenters. The number of hydrogen-bond donors (Lipinski definition) is 2. The minimum absolute atomic E-state index is 0. The third kappa shape index (κ3) is 46.2. The average molecular weight is 2350 g/mol. The number of carbonyl (C=O) groups excluding carboxylic acids is 3. The first kappa shape index (κ1) is 140. The van der Waals surface area contributed by atoms with Crippen LogP contribution in [0.2, 0.25) is 0 Å². The van der Waals surface area contributed by atoms with E-state index in [0.29, 0.717) is 80.8 Å². The number of alkyl halides is 6. The van der Waals surface area contributed by atoms with Gasteiger partial charge >= 0.3 is 139 Å². The summed E-state index contributed by atoms with van der Waals surface area (Å²) < 4.78 is 203. The van der Waals surface area contributed by atoms with Crippen LogP contribution in [0, 0.1) is 104 Å². The van der Waals surface area contributed by atoms with Gasteiger partial charge in [0, 0.05) is 62.5 Å². The van der Waals surface area contributed by atoms with Gasteiger partial charge in [-0.1, -0.05) is 43.1 Å². The monoisotopic (exact) mass is 2350 g/mol. The van der Waals surface area contributed by atoms with Crippen molar-refractivity contribution in [3.63, 3.8) is 0 Å². The zero-order chi connectivity index (χ0) is 103. The second-order valence-electron chi connectivity index (χ2n) is 26.7. The van der Waals surface area contributed by atoms with Crippen molar-refractivity contribution in [1.82, 2.24) is 44.9 Å². The van der Waals surface area contributed by atoms with Crippen LogP contribution in [0.5, 0.6) is 51.7 Å². The summed E-state index contributed by atoms with van der Waals surface area (Å²) in [6, 6.07) is 60.9. The maximum absolute atomic E-state index is 15.8. The normalized spacial score (nSPS) is 9.98. The number of carbonyl (C=O) groups is 3. The van der Waals surface area contributed by atoms with E-state index in [-0.39, 0.29) is 199 Å². The maximum atomic E-state index is 15.8. The topological polar surface area (TPSA) is 396 Å². The second kappa shape index (κ2) is 72.1. The number of nitrogens with zero attached hydrogens (tertiary/aromatic N) is 14. The quantitative estimate of drug-likeness (QED) is 0.00873. The van der Waals surface area contributed by atoms with Gasteiger partial charge in [0.1, 0.15) is 131 Å². The van der Waals surface area contributed by atoms with E-state index in [1.54, 1.807) is 85.3 Å². The van der Waals surface area contributed by atoms with E-state index < -0.39 is 104 Å². The third-order valence-corrected chi connectivity index (χ3v) is 18.9. The van der Waals surface area contributed by atoms with Gasteiger partial charge in [0.15, 0.2) is 5.60 Å². The van der Waals surface area contributed by atoms with Crippen LogP contribution in [0.25, 0.3) is 0 Å². The first-order valence-corrected chi connectivity index (χ1v) is 42.3. The summed E-state index contributed by atoms with van der Waals surface area (Å²) in [5, 5.41) is 71.5. The molecule has 46 heteroatoms. The van der Waals surface area contributed by atoms with Crippen LogP contribution in [-0.4, -0.2) is 73.1 Å². The molecule has 15 rings (SSSR count). The fraction of sp³-hybridized carbons (Fsp3) is 0.118. The van der Waals surface area contributed by atoms with E-state index in [1.165, 1.54) is 122 Å². The number of hydrogen-bond acceptors (Lipinski definition) is 25. The van der Waals surface area contributed by atoms with Gasteiger partial charge in [-0.25, -0.2) is 60.6 Å². The summed E-state index contributed by atoms with van der Waals surface area (Å²) in [4.78, 5) is 67.5. The van der Waals surface area contributed by atoms with Crippen LogP contribution < -0.4 is 146 Å². The number of Topliss-reactive ketones (excluding diaryl/α,β-unsaturated/α-hetero) is 2. The van der Waals surface area contributed by atoms with E-state index in [4.69, 9.17) is 60.4 Å². The summed E-state index contributed by atoms with van der Waals surface area (Å²) in [5.41, 5.74) is -5.68. The fourth-order valence-electron chi connectivity index (χ4n) is 9.98. The van der Waals surface area contributed by atoms with Gasteiger partial charge in [0.05, 0.1) is 104 Å². The molecular weight excluding hydrogens is 2270 g/mol. The molecule has 0 fully saturated rings. The van der Waals surface area contributed by atoms with Gasteiger partial charge in [0.25, 0.3) is 6.47 Å². The second-order valence-corrected chi connectivity index (χ2v) is 30.1. The molecule has 0 aliphatic heterocycles. The van der Waals surface area contributed by atoms with Gasteiger partial charge in [0.2, 0.25) is 11.6 Å². The number of rotatable bonds is 19. The molecular formula is C102H85Br4F14K2LiN14O11. The Balaban J connectivity index is -0.000000549. The number of unbranched alkanes of at least 4 members (excludes halogenated alkanes) is 1. The molecule has 758 valence electrons. The predicted octanol–water partition coefficient (Wildman–Crippen LogP) is 18.1. The number of ether oxygens (including phenoxy) is 4. The first-order chi connectivity index (χ1) is 66.8. The van der Waals surface area contributed by atoms with E-state index in [1.807, 2.05) is 30.3 Å². The van der Waals surface area contributed by atoms with Gasteiger partial charge in [-0.3, -0.25) is 34.0 Å². The summed E-state index contributed by atoms with van der Waals surface area (Å²) in [5.74, 6) is -18.1. The molecule has 0 bridgehead atoms.